The molecule has 0 aromatic heterocycles. The Bertz CT molecular complexity index is 195. The van der Waals surface area contributed by atoms with E-state index in [1.165, 1.54) is 0 Å². The number of amides is 1. The first kappa shape index (κ1) is 12.8. The van der Waals surface area contributed by atoms with E-state index in [4.69, 9.17) is 0 Å². The Labute approximate surface area is 82.0 Å². The molecule has 1 amide bonds. The van der Waals surface area contributed by atoms with E-state index < -0.39 is 28.0 Å². The van der Waals surface area contributed by atoms with Gasteiger partial charge in [-0.1, -0.05) is 39.3 Å². The van der Waals surface area contributed by atoms with Gasteiger partial charge in [0.2, 0.25) is 5.91 Å². The molecule has 0 aliphatic rings. The predicted octanol–water partition coefficient (Wildman–Crippen LogP) is 2.15. The molecule has 78 valence electrons. The smallest absolute Gasteiger partial charge is 0.243 e. The van der Waals surface area contributed by atoms with Crippen molar-refractivity contribution in [1.82, 2.24) is 4.98 Å². The summed E-state index contributed by atoms with van der Waals surface area (Å²) in [5.41, 5.74) is 0. The van der Waals surface area contributed by atoms with Crippen molar-refractivity contribution in [2.75, 3.05) is 0 Å². The summed E-state index contributed by atoms with van der Waals surface area (Å²) >= 11 is 0. The highest BCUT2D eigenvalue weighted by atomic mass is 28.3. The molecule has 0 spiro atoms. The number of alkyl halides is 1. The van der Waals surface area contributed by atoms with Crippen molar-refractivity contribution in [2.24, 2.45) is 0 Å². The fraction of sp³-hybridized carbons (Fsp3) is 0.875. The van der Waals surface area contributed by atoms with Crippen molar-refractivity contribution < 1.29 is 9.18 Å². The van der Waals surface area contributed by atoms with Gasteiger partial charge in [0, 0.05) is 0 Å². The third kappa shape index (κ3) is 5.20. The van der Waals surface area contributed by atoms with Crippen molar-refractivity contribution in [3.05, 3.63) is 0 Å². The first-order valence-electron chi connectivity index (χ1n) is 4.50. The van der Waals surface area contributed by atoms with Crippen molar-refractivity contribution in [3.8, 4) is 0 Å². The molecule has 0 aliphatic carbocycles. The van der Waals surface area contributed by atoms with Gasteiger partial charge in [0.1, 0.15) is 8.24 Å². The molecule has 13 heavy (non-hydrogen) atoms. The molecule has 0 saturated carbocycles. The number of halogens is 1. The van der Waals surface area contributed by atoms with Crippen molar-refractivity contribution in [2.45, 2.75) is 45.1 Å². The lowest BCUT2D eigenvalue weighted by Gasteiger charge is -2.25. The molecule has 2 nitrogen and oxygen atoms in total. The lowest BCUT2D eigenvalue weighted by Crippen LogP contribution is -2.54. The topological polar surface area (TPSA) is 29.1 Å². The van der Waals surface area contributed by atoms with Crippen molar-refractivity contribution in [3.63, 3.8) is 0 Å². The molecule has 0 fully saturated rings. The number of carbonyl (C=O) groups is 1. The van der Waals surface area contributed by atoms with Gasteiger partial charge < -0.3 is 4.98 Å². The van der Waals surface area contributed by atoms with Crippen LogP contribution < -0.4 is 4.98 Å². The van der Waals surface area contributed by atoms with Gasteiger partial charge in [-0.2, -0.15) is 0 Å². The van der Waals surface area contributed by atoms with E-state index in [1.54, 1.807) is 0 Å². The highest BCUT2D eigenvalue weighted by Crippen LogP contribution is 2.12. The summed E-state index contributed by atoms with van der Waals surface area (Å²) in [6, 6.07) is 0. The van der Waals surface area contributed by atoms with Gasteiger partial charge in [0.15, 0.2) is 5.79 Å². The maximum Gasteiger partial charge on any atom is 0.243 e. The highest BCUT2D eigenvalue weighted by molar-refractivity contribution is 6.82. The lowest BCUT2D eigenvalue weighted by molar-refractivity contribution is -0.122. The average Bonchev–Trinajstić information content (AvgIpc) is 1.79. The zero-order valence-electron chi connectivity index (χ0n) is 9.36. The Hall–Kier alpha value is -0.166. The molecule has 1 N–H and O–H groups in total. The summed E-state index contributed by atoms with van der Waals surface area (Å²) in [5, 5.41) is 0. The molecule has 0 rings (SSSR count). The summed E-state index contributed by atoms with van der Waals surface area (Å²) in [6.07, 6.45) is 0. The number of rotatable bonds is 3. The van der Waals surface area contributed by atoms with Crippen LogP contribution in [0.4, 0.5) is 4.39 Å². The normalized spacial score (nSPS) is 15.3. The molecule has 0 heterocycles. The quantitative estimate of drug-likeness (QED) is 0.727. The van der Waals surface area contributed by atoms with Crippen molar-refractivity contribution in [1.29, 1.82) is 0 Å². The van der Waals surface area contributed by atoms with E-state index in [0.29, 0.717) is 0 Å². The molecule has 1 unspecified atom stereocenters. The Morgan fingerprint density at radius 1 is 1.15 bits per heavy atom. The maximum absolute atomic E-state index is 13.5. The van der Waals surface area contributed by atoms with Crippen LogP contribution in [0.2, 0.25) is 39.3 Å². The molecular formula is C8H20FNOSi2. The molecule has 0 saturated heterocycles. The van der Waals surface area contributed by atoms with Gasteiger partial charge in [-0.25, -0.2) is 4.39 Å². The van der Waals surface area contributed by atoms with E-state index in [-0.39, 0.29) is 0 Å². The zero-order chi connectivity index (χ0) is 10.9. The summed E-state index contributed by atoms with van der Waals surface area (Å²) in [7, 11) is -3.66. The molecule has 0 aliphatic heterocycles. The molecular weight excluding hydrogens is 201 g/mol. The average molecular weight is 221 g/mol. The van der Waals surface area contributed by atoms with Gasteiger partial charge >= 0.3 is 0 Å². The number of hydrogen-bond donors (Lipinski definition) is 1. The van der Waals surface area contributed by atoms with Gasteiger partial charge in [0.05, 0.1) is 8.07 Å². The molecule has 5 heteroatoms. The SMILES string of the molecule is C[Si](C)(C)NC(=O)C(F)[Si](C)(C)C. The first-order chi connectivity index (χ1) is 5.54. The predicted molar refractivity (Wildman–Crippen MR) is 59.7 cm³/mol. The van der Waals surface area contributed by atoms with Crippen LogP contribution in [-0.2, 0) is 4.79 Å². The lowest BCUT2D eigenvalue weighted by atomic mass is 10.7. The second-order valence-electron chi connectivity index (χ2n) is 5.47. The number of carbonyl (C=O) groups excluding carboxylic acids is 1. The summed E-state index contributed by atoms with van der Waals surface area (Å²) in [4.78, 5) is 14.2. The number of nitrogens with one attached hydrogen (secondary N) is 1. The minimum Gasteiger partial charge on any atom is -0.380 e. The fourth-order valence-electron chi connectivity index (χ4n) is 0.826. The van der Waals surface area contributed by atoms with Crippen LogP contribution in [0, 0.1) is 0 Å². The minimum atomic E-state index is -1.98. The number of hydrogen-bond acceptors (Lipinski definition) is 1. The third-order valence-electron chi connectivity index (χ3n) is 1.49. The van der Waals surface area contributed by atoms with Gasteiger partial charge in [-0.05, 0) is 0 Å². The van der Waals surface area contributed by atoms with Crippen LogP contribution in [0.15, 0.2) is 0 Å². The molecule has 0 radical (unpaired) electrons. The van der Waals surface area contributed by atoms with E-state index >= 15 is 0 Å². The third-order valence-corrected chi connectivity index (χ3v) is 4.27. The van der Waals surface area contributed by atoms with Crippen LogP contribution in [0.5, 0.6) is 0 Å². The molecule has 0 aromatic carbocycles. The summed E-state index contributed by atoms with van der Waals surface area (Å²) in [6.45, 7) is 11.6. The zero-order valence-corrected chi connectivity index (χ0v) is 11.4. The standard InChI is InChI=1S/C8H20FNOSi2/c1-12(2,3)7(9)8(11)10-13(4,5)6/h7H,1-6H3,(H,10,11). The van der Waals surface area contributed by atoms with Crippen molar-refractivity contribution >= 4 is 22.2 Å². The van der Waals surface area contributed by atoms with Crippen LogP contribution in [0.3, 0.4) is 0 Å². The second-order valence-corrected chi connectivity index (χ2v) is 15.5. The van der Waals surface area contributed by atoms with E-state index in [0.717, 1.165) is 0 Å². The summed E-state index contributed by atoms with van der Waals surface area (Å²) in [5.74, 6) is -1.68. The van der Waals surface area contributed by atoms with Crippen LogP contribution in [-0.4, -0.2) is 28.0 Å². The summed E-state index contributed by atoms with van der Waals surface area (Å²) < 4.78 is 13.5. The van der Waals surface area contributed by atoms with E-state index in [1.807, 2.05) is 39.3 Å². The fourth-order valence-corrected chi connectivity index (χ4v) is 2.70. The monoisotopic (exact) mass is 221 g/mol. The maximum atomic E-state index is 13.5. The van der Waals surface area contributed by atoms with Gasteiger partial charge in [-0.15, -0.1) is 0 Å². The van der Waals surface area contributed by atoms with E-state index in [9.17, 15) is 9.18 Å². The Morgan fingerprint density at radius 2 is 1.54 bits per heavy atom. The Kier molecular flexibility index (Phi) is 3.87. The second kappa shape index (κ2) is 3.92. The van der Waals surface area contributed by atoms with E-state index in [2.05, 4.69) is 4.98 Å². The minimum absolute atomic E-state index is 0.404. The molecule has 1 atom stereocenters. The Morgan fingerprint density at radius 3 is 1.77 bits per heavy atom. The van der Waals surface area contributed by atoms with Gasteiger partial charge in [0.25, 0.3) is 0 Å². The molecule has 0 bridgehead atoms. The van der Waals surface area contributed by atoms with Crippen LogP contribution in [0.25, 0.3) is 0 Å². The van der Waals surface area contributed by atoms with Crippen LogP contribution in [0.1, 0.15) is 0 Å². The van der Waals surface area contributed by atoms with Gasteiger partial charge in [-0.3, -0.25) is 4.79 Å². The Balaban J connectivity index is 4.30. The first-order valence-corrected chi connectivity index (χ1v) is 11.6. The highest BCUT2D eigenvalue weighted by Gasteiger charge is 2.34. The van der Waals surface area contributed by atoms with Crippen LogP contribution >= 0.6 is 0 Å². The largest absolute Gasteiger partial charge is 0.380 e. The molecule has 0 aromatic rings.